The van der Waals surface area contributed by atoms with Crippen LogP contribution in [0.15, 0.2) is 6.33 Å². The molecule has 8 nitrogen and oxygen atoms in total. The molecule has 27 heavy (non-hydrogen) atoms. The summed E-state index contributed by atoms with van der Waals surface area (Å²) in [4.78, 5) is 37.4. The molecule has 2 aliphatic heterocycles. The summed E-state index contributed by atoms with van der Waals surface area (Å²) < 4.78 is 5.43. The van der Waals surface area contributed by atoms with E-state index in [0.717, 1.165) is 42.3 Å². The molecular formula is C18H27N5O3S. The van der Waals surface area contributed by atoms with Crippen molar-refractivity contribution in [2.24, 2.45) is 0 Å². The van der Waals surface area contributed by atoms with E-state index in [9.17, 15) is 9.59 Å². The lowest BCUT2D eigenvalue weighted by molar-refractivity contribution is -0.137. The van der Waals surface area contributed by atoms with Crippen molar-refractivity contribution in [3.63, 3.8) is 0 Å². The molecule has 9 heteroatoms. The highest BCUT2D eigenvalue weighted by molar-refractivity contribution is 7.98. The number of anilines is 1. The number of hydrogen-bond donors (Lipinski definition) is 1. The average Bonchev–Trinajstić information content (AvgIpc) is 2.70. The number of amides is 2. The zero-order valence-corrected chi connectivity index (χ0v) is 16.8. The van der Waals surface area contributed by atoms with E-state index in [-0.39, 0.29) is 11.8 Å². The van der Waals surface area contributed by atoms with Crippen molar-refractivity contribution in [1.82, 2.24) is 20.2 Å². The molecule has 3 rings (SSSR count). The van der Waals surface area contributed by atoms with E-state index in [0.29, 0.717) is 32.7 Å². The average molecular weight is 394 g/mol. The van der Waals surface area contributed by atoms with Gasteiger partial charge in [-0.15, -0.1) is 0 Å². The Kier molecular flexibility index (Phi) is 6.89. The number of aromatic nitrogens is 2. The van der Waals surface area contributed by atoms with Gasteiger partial charge in [0.2, 0.25) is 11.8 Å². The third-order valence-corrected chi connectivity index (χ3v) is 5.54. The van der Waals surface area contributed by atoms with Gasteiger partial charge in [-0.25, -0.2) is 9.97 Å². The zero-order chi connectivity index (χ0) is 19.2. The summed E-state index contributed by atoms with van der Waals surface area (Å²) in [6, 6.07) is -0.475. The molecular weight excluding hydrogens is 366 g/mol. The predicted octanol–water partition coefficient (Wildman–Crippen LogP) is 0.456. The van der Waals surface area contributed by atoms with Crippen LogP contribution in [-0.2, 0) is 27.3 Å². The van der Waals surface area contributed by atoms with Crippen molar-refractivity contribution in [3.8, 4) is 0 Å². The van der Waals surface area contributed by atoms with Crippen LogP contribution in [-0.4, -0.2) is 77.6 Å². The summed E-state index contributed by atoms with van der Waals surface area (Å²) in [5.74, 6) is 1.58. The fourth-order valence-electron chi connectivity index (χ4n) is 3.53. The number of hydrogen-bond acceptors (Lipinski definition) is 7. The second-order valence-electron chi connectivity index (χ2n) is 6.77. The van der Waals surface area contributed by atoms with Gasteiger partial charge in [0.15, 0.2) is 0 Å². The minimum Gasteiger partial charge on any atom is -0.378 e. The second kappa shape index (κ2) is 9.36. The van der Waals surface area contributed by atoms with E-state index in [2.05, 4.69) is 20.2 Å². The van der Waals surface area contributed by atoms with Crippen LogP contribution in [0.25, 0.3) is 0 Å². The summed E-state index contributed by atoms with van der Waals surface area (Å²) >= 11 is 1.67. The SMILES string of the molecule is CSCC[C@H](NC(C)=O)C(=O)N1CCc2c(ncnc2N2CCOCC2)C1. The Balaban J connectivity index is 1.73. The van der Waals surface area contributed by atoms with Crippen LogP contribution in [0.3, 0.4) is 0 Å². The van der Waals surface area contributed by atoms with Crippen LogP contribution in [0.2, 0.25) is 0 Å². The molecule has 0 aromatic carbocycles. The second-order valence-corrected chi connectivity index (χ2v) is 7.75. The van der Waals surface area contributed by atoms with Crippen molar-refractivity contribution in [3.05, 3.63) is 17.6 Å². The van der Waals surface area contributed by atoms with Gasteiger partial charge in [-0.3, -0.25) is 9.59 Å². The van der Waals surface area contributed by atoms with Crippen LogP contribution in [0, 0.1) is 0 Å². The van der Waals surface area contributed by atoms with Gasteiger partial charge < -0.3 is 19.9 Å². The number of thioether (sulfide) groups is 1. The van der Waals surface area contributed by atoms with E-state index >= 15 is 0 Å². The number of rotatable bonds is 6. The Morgan fingerprint density at radius 2 is 2.07 bits per heavy atom. The number of carbonyl (C=O) groups excluding carboxylic acids is 2. The molecule has 1 N–H and O–H groups in total. The number of carbonyl (C=O) groups is 2. The van der Waals surface area contributed by atoms with Gasteiger partial charge in [0.25, 0.3) is 0 Å². The van der Waals surface area contributed by atoms with E-state index in [1.807, 2.05) is 6.26 Å². The molecule has 0 unspecified atom stereocenters. The van der Waals surface area contributed by atoms with Crippen LogP contribution in [0.1, 0.15) is 24.6 Å². The lowest BCUT2D eigenvalue weighted by Crippen LogP contribution is -2.50. The smallest absolute Gasteiger partial charge is 0.245 e. The third-order valence-electron chi connectivity index (χ3n) is 4.89. The molecule has 0 aliphatic carbocycles. The first kappa shape index (κ1) is 19.9. The molecule has 2 aliphatic rings. The van der Waals surface area contributed by atoms with Crippen LogP contribution >= 0.6 is 11.8 Å². The van der Waals surface area contributed by atoms with Crippen LogP contribution < -0.4 is 10.2 Å². The van der Waals surface area contributed by atoms with Crippen molar-refractivity contribution in [2.75, 3.05) is 49.8 Å². The Morgan fingerprint density at radius 3 is 2.78 bits per heavy atom. The summed E-state index contributed by atoms with van der Waals surface area (Å²) in [6.07, 6.45) is 4.93. The fourth-order valence-corrected chi connectivity index (χ4v) is 4.00. The number of ether oxygens (including phenoxy) is 1. The summed E-state index contributed by atoms with van der Waals surface area (Å²) in [7, 11) is 0. The predicted molar refractivity (Wildman–Crippen MR) is 105 cm³/mol. The molecule has 3 heterocycles. The Bertz CT molecular complexity index is 681. The quantitative estimate of drug-likeness (QED) is 0.751. The van der Waals surface area contributed by atoms with Crippen LogP contribution in [0.4, 0.5) is 5.82 Å². The Labute approximate surface area is 164 Å². The van der Waals surface area contributed by atoms with Gasteiger partial charge in [0.05, 0.1) is 25.5 Å². The summed E-state index contributed by atoms with van der Waals surface area (Å²) in [6.45, 7) is 5.59. The lowest BCUT2D eigenvalue weighted by atomic mass is 10.0. The fraction of sp³-hybridized carbons (Fsp3) is 0.667. The van der Waals surface area contributed by atoms with Gasteiger partial charge >= 0.3 is 0 Å². The molecule has 1 saturated heterocycles. The van der Waals surface area contributed by atoms with Crippen molar-refractivity contribution >= 4 is 29.4 Å². The molecule has 0 bridgehead atoms. The first-order chi connectivity index (χ1) is 13.1. The molecule has 2 amide bonds. The van der Waals surface area contributed by atoms with E-state index < -0.39 is 6.04 Å². The Hall–Kier alpha value is -1.87. The molecule has 1 atom stereocenters. The highest BCUT2D eigenvalue weighted by Crippen LogP contribution is 2.26. The highest BCUT2D eigenvalue weighted by atomic mass is 32.2. The van der Waals surface area contributed by atoms with Crippen LogP contribution in [0.5, 0.6) is 0 Å². The van der Waals surface area contributed by atoms with Crippen molar-refractivity contribution < 1.29 is 14.3 Å². The molecule has 0 radical (unpaired) electrons. The van der Waals surface area contributed by atoms with Gasteiger partial charge in [-0.2, -0.15) is 11.8 Å². The normalized spacial score (nSPS) is 18.0. The molecule has 0 saturated carbocycles. The summed E-state index contributed by atoms with van der Waals surface area (Å²) in [5.41, 5.74) is 2.03. The van der Waals surface area contributed by atoms with Gasteiger partial charge in [-0.1, -0.05) is 0 Å². The Morgan fingerprint density at radius 1 is 1.30 bits per heavy atom. The topological polar surface area (TPSA) is 87.7 Å². The van der Waals surface area contributed by atoms with E-state index in [4.69, 9.17) is 4.74 Å². The van der Waals surface area contributed by atoms with Crippen molar-refractivity contribution in [2.45, 2.75) is 32.4 Å². The van der Waals surface area contributed by atoms with Gasteiger partial charge in [-0.05, 0) is 24.9 Å². The third kappa shape index (κ3) is 4.90. The standard InChI is InChI=1S/C18H27N5O3S/c1-13(24)21-15(4-10-27-2)18(25)23-5-3-14-16(11-23)19-12-20-17(14)22-6-8-26-9-7-22/h12,15H,3-11H2,1-2H3,(H,21,24)/t15-/m0/s1. The number of fused-ring (bicyclic) bond motifs is 1. The largest absolute Gasteiger partial charge is 0.378 e. The first-order valence-corrected chi connectivity index (χ1v) is 10.7. The molecule has 1 aromatic heterocycles. The monoisotopic (exact) mass is 393 g/mol. The lowest BCUT2D eigenvalue weighted by Gasteiger charge is -2.34. The molecule has 0 spiro atoms. The molecule has 1 fully saturated rings. The maximum Gasteiger partial charge on any atom is 0.245 e. The highest BCUT2D eigenvalue weighted by Gasteiger charge is 2.30. The first-order valence-electron chi connectivity index (χ1n) is 9.30. The van der Waals surface area contributed by atoms with Crippen molar-refractivity contribution in [1.29, 1.82) is 0 Å². The maximum atomic E-state index is 13.0. The maximum absolute atomic E-state index is 13.0. The number of nitrogens with zero attached hydrogens (tertiary/aromatic N) is 4. The van der Waals surface area contributed by atoms with E-state index in [1.165, 1.54) is 6.92 Å². The number of nitrogens with one attached hydrogen (secondary N) is 1. The zero-order valence-electron chi connectivity index (χ0n) is 15.9. The number of morpholine rings is 1. The van der Waals surface area contributed by atoms with Gasteiger partial charge in [0, 0.05) is 32.1 Å². The minimum absolute atomic E-state index is 0.0311. The minimum atomic E-state index is -0.475. The molecule has 1 aromatic rings. The van der Waals surface area contributed by atoms with Gasteiger partial charge in [0.1, 0.15) is 18.2 Å². The molecule has 148 valence electrons. The van der Waals surface area contributed by atoms with E-state index in [1.54, 1.807) is 23.0 Å². The summed E-state index contributed by atoms with van der Waals surface area (Å²) in [5, 5.41) is 2.80.